The van der Waals surface area contributed by atoms with Crippen LogP contribution in [0, 0.1) is 5.92 Å². The summed E-state index contributed by atoms with van der Waals surface area (Å²) >= 11 is 0. The van der Waals surface area contributed by atoms with Gasteiger partial charge >= 0.3 is 0 Å². The Bertz CT molecular complexity index is 403. The Balaban J connectivity index is 2.11. The smallest absolute Gasteiger partial charge is 0.243 e. The molecule has 1 aromatic heterocycles. The van der Waals surface area contributed by atoms with E-state index in [1.54, 1.807) is 0 Å². The predicted octanol–water partition coefficient (Wildman–Crippen LogP) is 1.22. The molecule has 2 heterocycles. The number of anilines is 3. The number of rotatable bonds is 6. The molecular formula is C12H23N7. The molecular weight excluding hydrogens is 242 g/mol. The summed E-state index contributed by atoms with van der Waals surface area (Å²) in [5.41, 5.74) is 2.50. The lowest BCUT2D eigenvalue weighted by Gasteiger charge is -2.17. The van der Waals surface area contributed by atoms with E-state index in [9.17, 15) is 0 Å². The average molecular weight is 265 g/mol. The van der Waals surface area contributed by atoms with Crippen molar-refractivity contribution in [3.63, 3.8) is 0 Å². The van der Waals surface area contributed by atoms with E-state index in [1.807, 2.05) is 0 Å². The van der Waals surface area contributed by atoms with Gasteiger partial charge in [-0.25, -0.2) is 5.84 Å². The SMILES string of the molecule is CCC(C)CNc1nc(NN)nc(N2CCCC2)n1. The van der Waals surface area contributed by atoms with Gasteiger partial charge in [0.05, 0.1) is 0 Å². The number of hydrogen-bond acceptors (Lipinski definition) is 7. The van der Waals surface area contributed by atoms with Gasteiger partial charge in [0, 0.05) is 19.6 Å². The van der Waals surface area contributed by atoms with Gasteiger partial charge in [-0.15, -0.1) is 0 Å². The van der Waals surface area contributed by atoms with Gasteiger partial charge < -0.3 is 10.2 Å². The van der Waals surface area contributed by atoms with E-state index in [-0.39, 0.29) is 0 Å². The number of aromatic nitrogens is 3. The van der Waals surface area contributed by atoms with Crippen molar-refractivity contribution in [3.05, 3.63) is 0 Å². The summed E-state index contributed by atoms with van der Waals surface area (Å²) in [4.78, 5) is 15.2. The quantitative estimate of drug-likeness (QED) is 0.526. The van der Waals surface area contributed by atoms with E-state index in [1.165, 1.54) is 12.8 Å². The Hall–Kier alpha value is -1.63. The molecule has 19 heavy (non-hydrogen) atoms. The lowest BCUT2D eigenvalue weighted by molar-refractivity contribution is 0.591. The number of hydrogen-bond donors (Lipinski definition) is 3. The molecule has 1 unspecified atom stereocenters. The Kier molecular flexibility index (Phi) is 4.73. The zero-order valence-corrected chi connectivity index (χ0v) is 11.7. The first-order valence-corrected chi connectivity index (χ1v) is 6.94. The Morgan fingerprint density at radius 2 is 1.89 bits per heavy atom. The van der Waals surface area contributed by atoms with E-state index in [0.717, 1.165) is 26.1 Å². The van der Waals surface area contributed by atoms with Crippen LogP contribution in [0.2, 0.25) is 0 Å². The van der Waals surface area contributed by atoms with Gasteiger partial charge in [-0.05, 0) is 18.8 Å². The molecule has 7 nitrogen and oxygen atoms in total. The van der Waals surface area contributed by atoms with Crippen LogP contribution < -0.4 is 21.5 Å². The number of hydrazine groups is 1. The van der Waals surface area contributed by atoms with Gasteiger partial charge in [-0.2, -0.15) is 15.0 Å². The number of nitrogens with zero attached hydrogens (tertiary/aromatic N) is 4. The summed E-state index contributed by atoms with van der Waals surface area (Å²) in [6, 6.07) is 0. The third kappa shape index (κ3) is 3.66. The van der Waals surface area contributed by atoms with Gasteiger partial charge in [-0.1, -0.05) is 20.3 Å². The van der Waals surface area contributed by atoms with Crippen LogP contribution in [0.25, 0.3) is 0 Å². The van der Waals surface area contributed by atoms with Crippen LogP contribution in [0.4, 0.5) is 17.8 Å². The van der Waals surface area contributed by atoms with Crippen LogP contribution in [0.5, 0.6) is 0 Å². The van der Waals surface area contributed by atoms with Crippen molar-refractivity contribution in [1.29, 1.82) is 0 Å². The maximum absolute atomic E-state index is 5.42. The molecule has 0 radical (unpaired) electrons. The third-order valence-corrected chi connectivity index (χ3v) is 3.45. The molecule has 1 fully saturated rings. The summed E-state index contributed by atoms with van der Waals surface area (Å²) in [6.07, 6.45) is 3.50. The van der Waals surface area contributed by atoms with Gasteiger partial charge in [0.25, 0.3) is 0 Å². The molecule has 106 valence electrons. The fraction of sp³-hybridized carbons (Fsp3) is 0.750. The molecule has 1 atom stereocenters. The second kappa shape index (κ2) is 6.51. The zero-order chi connectivity index (χ0) is 13.7. The lowest BCUT2D eigenvalue weighted by atomic mass is 10.1. The van der Waals surface area contributed by atoms with Crippen molar-refractivity contribution in [1.82, 2.24) is 15.0 Å². The molecule has 1 saturated heterocycles. The molecule has 0 saturated carbocycles. The topological polar surface area (TPSA) is 92.0 Å². The first-order valence-electron chi connectivity index (χ1n) is 6.94. The van der Waals surface area contributed by atoms with Crippen LogP contribution in [0.15, 0.2) is 0 Å². The predicted molar refractivity (Wildman–Crippen MR) is 77.0 cm³/mol. The van der Waals surface area contributed by atoms with Crippen LogP contribution >= 0.6 is 0 Å². The van der Waals surface area contributed by atoms with Gasteiger partial charge in [0.2, 0.25) is 17.8 Å². The normalized spacial score (nSPS) is 16.5. The Morgan fingerprint density at radius 1 is 1.21 bits per heavy atom. The third-order valence-electron chi connectivity index (χ3n) is 3.45. The summed E-state index contributed by atoms with van der Waals surface area (Å²) in [5.74, 6) is 7.70. The molecule has 0 spiro atoms. The lowest BCUT2D eigenvalue weighted by Crippen LogP contribution is -2.24. The van der Waals surface area contributed by atoms with Crippen molar-refractivity contribution >= 4 is 17.8 Å². The minimum atomic E-state index is 0.406. The highest BCUT2D eigenvalue weighted by molar-refractivity contribution is 5.43. The van der Waals surface area contributed by atoms with Crippen molar-refractivity contribution in [2.75, 3.05) is 35.3 Å². The molecule has 1 aliphatic rings. The fourth-order valence-corrected chi connectivity index (χ4v) is 1.98. The second-order valence-corrected chi connectivity index (χ2v) is 5.02. The highest BCUT2D eigenvalue weighted by Gasteiger charge is 2.17. The second-order valence-electron chi connectivity index (χ2n) is 5.02. The molecule has 0 amide bonds. The van der Waals surface area contributed by atoms with Gasteiger partial charge in [-0.3, -0.25) is 5.43 Å². The highest BCUT2D eigenvalue weighted by Crippen LogP contribution is 2.18. The molecule has 4 N–H and O–H groups in total. The first kappa shape index (κ1) is 13.8. The monoisotopic (exact) mass is 265 g/mol. The van der Waals surface area contributed by atoms with Crippen molar-refractivity contribution in [2.24, 2.45) is 11.8 Å². The van der Waals surface area contributed by atoms with E-state index < -0.39 is 0 Å². The maximum Gasteiger partial charge on any atom is 0.243 e. The van der Waals surface area contributed by atoms with E-state index in [2.05, 4.69) is 44.4 Å². The van der Waals surface area contributed by atoms with Crippen LogP contribution in [-0.2, 0) is 0 Å². The van der Waals surface area contributed by atoms with Crippen molar-refractivity contribution in [2.45, 2.75) is 33.1 Å². The minimum Gasteiger partial charge on any atom is -0.354 e. The van der Waals surface area contributed by atoms with E-state index >= 15 is 0 Å². The molecule has 1 aliphatic heterocycles. The van der Waals surface area contributed by atoms with Gasteiger partial charge in [0.15, 0.2) is 0 Å². The fourth-order valence-electron chi connectivity index (χ4n) is 1.98. The Labute approximate surface area is 114 Å². The molecule has 0 aliphatic carbocycles. The average Bonchev–Trinajstić information content (AvgIpc) is 2.98. The number of nitrogens with one attached hydrogen (secondary N) is 2. The summed E-state index contributed by atoms with van der Waals surface area (Å²) in [6.45, 7) is 7.21. The van der Waals surface area contributed by atoms with E-state index in [4.69, 9.17) is 5.84 Å². The van der Waals surface area contributed by atoms with Crippen molar-refractivity contribution < 1.29 is 0 Å². The van der Waals surface area contributed by atoms with Crippen molar-refractivity contribution in [3.8, 4) is 0 Å². The Morgan fingerprint density at radius 3 is 2.53 bits per heavy atom. The molecule has 7 heteroatoms. The summed E-state index contributed by atoms with van der Waals surface area (Å²) in [5, 5.41) is 3.25. The molecule has 0 aromatic carbocycles. The highest BCUT2D eigenvalue weighted by atomic mass is 15.4. The number of nitrogen functional groups attached to an aromatic ring is 1. The largest absolute Gasteiger partial charge is 0.354 e. The van der Waals surface area contributed by atoms with Crippen LogP contribution in [0.3, 0.4) is 0 Å². The molecule has 0 bridgehead atoms. The maximum atomic E-state index is 5.42. The van der Waals surface area contributed by atoms with E-state index in [0.29, 0.717) is 23.8 Å². The zero-order valence-electron chi connectivity index (χ0n) is 11.7. The van der Waals surface area contributed by atoms with Crippen LogP contribution in [-0.4, -0.2) is 34.6 Å². The first-order chi connectivity index (χ1) is 9.22. The van der Waals surface area contributed by atoms with Gasteiger partial charge in [0.1, 0.15) is 0 Å². The molecule has 2 rings (SSSR count). The van der Waals surface area contributed by atoms with Crippen LogP contribution in [0.1, 0.15) is 33.1 Å². The summed E-state index contributed by atoms with van der Waals surface area (Å²) < 4.78 is 0. The standard InChI is InChI=1S/C12H23N7/c1-3-9(2)8-14-10-15-11(18-13)17-12(16-10)19-6-4-5-7-19/h9H,3-8,13H2,1-2H3,(H2,14,15,16,17,18). The summed E-state index contributed by atoms with van der Waals surface area (Å²) in [7, 11) is 0. The number of nitrogens with two attached hydrogens (primary N) is 1. The molecule has 1 aromatic rings. The minimum absolute atomic E-state index is 0.406.